The third-order valence-corrected chi connectivity index (χ3v) is 4.21. The first-order valence-electron chi connectivity index (χ1n) is 7.48. The van der Waals surface area contributed by atoms with Crippen molar-refractivity contribution >= 4 is 22.8 Å². The molecular weight excluding hydrogens is 324 g/mol. The molecule has 1 amide bonds. The maximum absolute atomic E-state index is 12.2. The van der Waals surface area contributed by atoms with Gasteiger partial charge in [-0.2, -0.15) is 4.98 Å². The summed E-state index contributed by atoms with van der Waals surface area (Å²) in [5.74, 6) is -0.0139. The highest BCUT2D eigenvalue weighted by Gasteiger charge is 2.18. The summed E-state index contributed by atoms with van der Waals surface area (Å²) in [6.45, 7) is 1.87. The molecule has 0 unspecified atom stereocenters. The highest BCUT2D eigenvalue weighted by Crippen LogP contribution is 2.21. The number of H-pyrrole nitrogens is 1. The Labute approximate surface area is 139 Å². The normalized spacial score (nSPS) is 11.4. The van der Waals surface area contributed by atoms with Gasteiger partial charge in [0.2, 0.25) is 11.7 Å². The van der Waals surface area contributed by atoms with Gasteiger partial charge in [0.1, 0.15) is 0 Å². The molecule has 3 N–H and O–H groups in total. The molecule has 0 fully saturated rings. The van der Waals surface area contributed by atoms with E-state index < -0.39 is 17.2 Å². The number of hydrogen-bond acceptors (Lipinski definition) is 4. The summed E-state index contributed by atoms with van der Waals surface area (Å²) in [5, 5.41) is 0. The summed E-state index contributed by atoms with van der Waals surface area (Å²) in [7, 11) is 1.55. The standard InChI is InChI=1S/C16H14N6O3/c1-8-7-21-11-13(20(2)16(25)19-14(11)24)18-15(21)22(8)10-5-3-9(4-6-10)12(17)23/h3-7H,1-2H3,(H2,17,23)(H,19,24,25). The van der Waals surface area contributed by atoms with Gasteiger partial charge in [-0.25, -0.2) is 4.79 Å². The summed E-state index contributed by atoms with van der Waals surface area (Å²) in [4.78, 5) is 42.0. The van der Waals surface area contributed by atoms with Crippen molar-refractivity contribution in [1.29, 1.82) is 0 Å². The Morgan fingerprint density at radius 2 is 1.88 bits per heavy atom. The molecule has 9 nitrogen and oxygen atoms in total. The van der Waals surface area contributed by atoms with E-state index in [1.807, 2.05) is 11.5 Å². The first kappa shape index (κ1) is 14.9. The van der Waals surface area contributed by atoms with Gasteiger partial charge in [0.15, 0.2) is 11.2 Å². The van der Waals surface area contributed by atoms with Crippen molar-refractivity contribution < 1.29 is 4.79 Å². The van der Waals surface area contributed by atoms with Gasteiger partial charge in [0.05, 0.1) is 0 Å². The van der Waals surface area contributed by atoms with Crippen molar-refractivity contribution in [2.45, 2.75) is 6.92 Å². The molecule has 0 saturated heterocycles. The van der Waals surface area contributed by atoms with Crippen molar-refractivity contribution in [1.82, 2.24) is 23.5 Å². The minimum atomic E-state index is -0.521. The highest BCUT2D eigenvalue weighted by atomic mass is 16.2. The second kappa shape index (κ2) is 4.94. The van der Waals surface area contributed by atoms with Crippen molar-refractivity contribution in [2.75, 3.05) is 0 Å². The number of carbonyl (C=O) groups excluding carboxylic acids is 1. The SMILES string of the molecule is Cc1cn2c3c(=O)[nH]c(=O)n(C)c3nc2n1-c1ccc(C(N)=O)cc1. The van der Waals surface area contributed by atoms with E-state index in [4.69, 9.17) is 5.73 Å². The topological polar surface area (TPSA) is 120 Å². The summed E-state index contributed by atoms with van der Waals surface area (Å²) in [6, 6.07) is 6.74. The zero-order valence-electron chi connectivity index (χ0n) is 13.5. The number of amides is 1. The monoisotopic (exact) mass is 338 g/mol. The van der Waals surface area contributed by atoms with Crippen LogP contribution in [0.15, 0.2) is 40.1 Å². The second-order valence-corrected chi connectivity index (χ2v) is 5.79. The van der Waals surface area contributed by atoms with Gasteiger partial charge >= 0.3 is 5.69 Å². The fourth-order valence-electron chi connectivity index (χ4n) is 2.97. The number of primary amides is 1. The van der Waals surface area contributed by atoms with E-state index in [1.165, 1.54) is 4.57 Å². The van der Waals surface area contributed by atoms with Gasteiger partial charge in [0.25, 0.3) is 5.56 Å². The van der Waals surface area contributed by atoms with Crippen LogP contribution in [0.25, 0.3) is 22.6 Å². The molecular formula is C16H14N6O3. The molecule has 0 aliphatic heterocycles. The van der Waals surface area contributed by atoms with Crippen LogP contribution in [0, 0.1) is 6.92 Å². The predicted octanol–water partition coefficient (Wildman–Crippen LogP) is 0.0725. The van der Waals surface area contributed by atoms with Gasteiger partial charge in [-0.05, 0) is 31.2 Å². The van der Waals surface area contributed by atoms with Crippen LogP contribution >= 0.6 is 0 Å². The van der Waals surface area contributed by atoms with Gasteiger partial charge in [-0.15, -0.1) is 0 Å². The summed E-state index contributed by atoms with van der Waals surface area (Å²) in [5.41, 5.74) is 6.85. The third kappa shape index (κ3) is 2.02. The van der Waals surface area contributed by atoms with E-state index in [0.717, 1.165) is 11.4 Å². The lowest BCUT2D eigenvalue weighted by molar-refractivity contribution is 0.100. The largest absolute Gasteiger partial charge is 0.366 e. The number of rotatable bonds is 2. The third-order valence-electron chi connectivity index (χ3n) is 4.21. The highest BCUT2D eigenvalue weighted by molar-refractivity contribution is 5.93. The Kier molecular flexibility index (Phi) is 2.95. The maximum Gasteiger partial charge on any atom is 0.329 e. The molecule has 3 heterocycles. The van der Waals surface area contributed by atoms with Crippen molar-refractivity contribution in [3.05, 3.63) is 62.6 Å². The van der Waals surface area contributed by atoms with Crippen molar-refractivity contribution in [3.8, 4) is 5.69 Å². The Balaban J connectivity index is 2.06. The quantitative estimate of drug-likeness (QED) is 0.537. The number of hydrogen-bond donors (Lipinski definition) is 2. The van der Waals surface area contributed by atoms with E-state index in [9.17, 15) is 14.4 Å². The van der Waals surface area contributed by atoms with Crippen LogP contribution in [0.2, 0.25) is 0 Å². The predicted molar refractivity (Wildman–Crippen MR) is 91.1 cm³/mol. The number of nitrogens with two attached hydrogens (primary N) is 1. The van der Waals surface area contributed by atoms with Crippen molar-refractivity contribution in [2.24, 2.45) is 12.8 Å². The molecule has 1 aromatic carbocycles. The molecule has 3 aromatic heterocycles. The number of benzene rings is 1. The zero-order valence-corrected chi connectivity index (χ0v) is 13.5. The van der Waals surface area contributed by atoms with Crippen LogP contribution in [0.3, 0.4) is 0 Å². The average Bonchev–Trinajstić information content (AvgIpc) is 3.07. The van der Waals surface area contributed by atoms with Crippen LogP contribution in [0.1, 0.15) is 16.1 Å². The summed E-state index contributed by atoms with van der Waals surface area (Å²) >= 11 is 0. The summed E-state index contributed by atoms with van der Waals surface area (Å²) < 4.78 is 4.76. The van der Waals surface area contributed by atoms with E-state index in [1.54, 1.807) is 41.9 Å². The minimum absolute atomic E-state index is 0.297. The van der Waals surface area contributed by atoms with Crippen molar-refractivity contribution in [3.63, 3.8) is 0 Å². The van der Waals surface area contributed by atoms with E-state index in [-0.39, 0.29) is 0 Å². The molecule has 0 aliphatic rings. The summed E-state index contributed by atoms with van der Waals surface area (Å²) in [6.07, 6.45) is 1.77. The Hall–Kier alpha value is -3.62. The van der Waals surface area contributed by atoms with Crippen LogP contribution in [0.4, 0.5) is 0 Å². The molecule has 126 valence electrons. The van der Waals surface area contributed by atoms with Crippen LogP contribution in [0.5, 0.6) is 0 Å². The lowest BCUT2D eigenvalue weighted by Gasteiger charge is -2.06. The lowest BCUT2D eigenvalue weighted by atomic mass is 10.2. The smallest absolute Gasteiger partial charge is 0.329 e. The second-order valence-electron chi connectivity index (χ2n) is 5.79. The molecule has 0 radical (unpaired) electrons. The fourth-order valence-corrected chi connectivity index (χ4v) is 2.97. The Bertz CT molecular complexity index is 1270. The number of aromatic nitrogens is 5. The first-order valence-corrected chi connectivity index (χ1v) is 7.48. The Morgan fingerprint density at radius 1 is 1.20 bits per heavy atom. The van der Waals surface area contributed by atoms with E-state index in [0.29, 0.717) is 22.5 Å². The van der Waals surface area contributed by atoms with Crippen LogP contribution in [-0.2, 0) is 7.05 Å². The number of fused-ring (bicyclic) bond motifs is 3. The van der Waals surface area contributed by atoms with Gasteiger partial charge in [0, 0.05) is 30.2 Å². The van der Waals surface area contributed by atoms with Crippen LogP contribution in [-0.4, -0.2) is 29.4 Å². The molecule has 4 rings (SSSR count). The number of nitrogens with one attached hydrogen (secondary N) is 1. The average molecular weight is 338 g/mol. The number of imidazole rings is 2. The Morgan fingerprint density at radius 3 is 2.52 bits per heavy atom. The molecule has 0 spiro atoms. The lowest BCUT2D eigenvalue weighted by Crippen LogP contribution is -2.28. The van der Waals surface area contributed by atoms with Crippen LogP contribution < -0.4 is 17.0 Å². The number of aryl methyl sites for hydroxylation is 2. The molecule has 0 bridgehead atoms. The number of carbonyl (C=O) groups is 1. The van der Waals surface area contributed by atoms with Gasteiger partial charge in [-0.3, -0.25) is 28.1 Å². The zero-order chi connectivity index (χ0) is 17.9. The maximum atomic E-state index is 12.2. The number of nitrogens with zero attached hydrogens (tertiary/aromatic N) is 4. The molecule has 25 heavy (non-hydrogen) atoms. The molecule has 0 saturated carbocycles. The number of aromatic amines is 1. The molecule has 0 atom stereocenters. The first-order chi connectivity index (χ1) is 11.9. The molecule has 0 aliphatic carbocycles. The minimum Gasteiger partial charge on any atom is -0.366 e. The van der Waals surface area contributed by atoms with Gasteiger partial charge in [-0.1, -0.05) is 0 Å². The van der Waals surface area contributed by atoms with Gasteiger partial charge < -0.3 is 5.73 Å². The van der Waals surface area contributed by atoms with E-state index in [2.05, 4.69) is 9.97 Å². The fraction of sp³-hybridized carbons (Fsp3) is 0.125. The van der Waals surface area contributed by atoms with E-state index >= 15 is 0 Å². The molecule has 4 aromatic rings. The molecule has 9 heteroatoms.